The fourth-order valence-electron chi connectivity index (χ4n) is 2.54. The van der Waals surface area contributed by atoms with E-state index in [1.807, 2.05) is 42.0 Å². The first kappa shape index (κ1) is 12.0. The van der Waals surface area contributed by atoms with Gasteiger partial charge in [-0.1, -0.05) is 12.1 Å². The molecule has 21 heavy (non-hydrogen) atoms. The number of hydrogen-bond donors (Lipinski definition) is 0. The lowest BCUT2D eigenvalue weighted by Crippen LogP contribution is -1.95. The van der Waals surface area contributed by atoms with Crippen molar-refractivity contribution in [2.24, 2.45) is 0 Å². The van der Waals surface area contributed by atoms with E-state index in [4.69, 9.17) is 4.98 Å². The molecule has 2 heterocycles. The smallest absolute Gasteiger partial charge is 0.164 e. The molecule has 0 saturated heterocycles. The van der Waals surface area contributed by atoms with Crippen molar-refractivity contribution in [3.05, 3.63) is 66.1 Å². The first-order valence-corrected chi connectivity index (χ1v) is 6.73. The maximum absolute atomic E-state index is 13.1. The van der Waals surface area contributed by atoms with Crippen LogP contribution in [0.5, 0.6) is 0 Å². The summed E-state index contributed by atoms with van der Waals surface area (Å²) in [6.07, 6.45) is 1.98. The quantitative estimate of drug-likeness (QED) is 0.526. The number of rotatable bonds is 1. The van der Waals surface area contributed by atoms with E-state index in [-0.39, 0.29) is 5.82 Å². The van der Waals surface area contributed by atoms with Crippen molar-refractivity contribution in [3.8, 4) is 5.69 Å². The molecule has 0 spiro atoms. The van der Waals surface area contributed by atoms with Crippen LogP contribution in [0, 0.1) is 12.7 Å². The Balaban J connectivity index is 2.05. The van der Waals surface area contributed by atoms with Crippen molar-refractivity contribution in [2.75, 3.05) is 0 Å². The van der Waals surface area contributed by atoms with E-state index >= 15 is 0 Å². The zero-order chi connectivity index (χ0) is 14.4. The number of benzene rings is 2. The monoisotopic (exact) mass is 277 g/mol. The van der Waals surface area contributed by atoms with Crippen LogP contribution in [0.2, 0.25) is 0 Å². The summed E-state index contributed by atoms with van der Waals surface area (Å²) in [5, 5.41) is 0. The minimum atomic E-state index is -0.247. The standard InChI is InChI=1S/C17H12FN3/c1-11-10-21(13-8-6-12(18)7-9-13)17-16(11)19-14-4-2-3-5-15(14)20-17/h2-10H,1H3. The van der Waals surface area contributed by atoms with E-state index in [0.717, 1.165) is 33.4 Å². The molecule has 4 rings (SSSR count). The minimum Gasteiger partial charge on any atom is -0.300 e. The third-order valence-electron chi connectivity index (χ3n) is 3.58. The molecule has 2 aromatic heterocycles. The van der Waals surface area contributed by atoms with Crippen molar-refractivity contribution in [1.29, 1.82) is 0 Å². The maximum Gasteiger partial charge on any atom is 0.164 e. The average Bonchev–Trinajstić information content (AvgIpc) is 2.83. The topological polar surface area (TPSA) is 30.7 Å². The van der Waals surface area contributed by atoms with Crippen molar-refractivity contribution in [1.82, 2.24) is 14.5 Å². The molecule has 0 fully saturated rings. The zero-order valence-corrected chi connectivity index (χ0v) is 11.4. The third-order valence-corrected chi connectivity index (χ3v) is 3.58. The molecular formula is C17H12FN3. The van der Waals surface area contributed by atoms with Crippen LogP contribution >= 0.6 is 0 Å². The Labute approximate surface area is 120 Å². The molecule has 3 nitrogen and oxygen atoms in total. The summed E-state index contributed by atoms with van der Waals surface area (Å²) < 4.78 is 15.0. The van der Waals surface area contributed by atoms with Gasteiger partial charge in [-0.2, -0.15) is 0 Å². The Kier molecular flexibility index (Phi) is 2.51. The predicted molar refractivity (Wildman–Crippen MR) is 81.1 cm³/mol. The van der Waals surface area contributed by atoms with Gasteiger partial charge in [0.05, 0.1) is 11.0 Å². The molecule has 2 aromatic carbocycles. The Bertz CT molecular complexity index is 955. The lowest BCUT2D eigenvalue weighted by Gasteiger charge is -2.05. The van der Waals surface area contributed by atoms with Gasteiger partial charge in [0.2, 0.25) is 0 Å². The maximum atomic E-state index is 13.1. The lowest BCUT2D eigenvalue weighted by atomic mass is 10.3. The molecule has 0 saturated carbocycles. The SMILES string of the molecule is Cc1cn(-c2ccc(F)cc2)c2nc3ccccc3nc12. The molecule has 0 aliphatic carbocycles. The molecule has 0 bridgehead atoms. The highest BCUT2D eigenvalue weighted by Gasteiger charge is 2.11. The van der Waals surface area contributed by atoms with E-state index in [9.17, 15) is 4.39 Å². The zero-order valence-electron chi connectivity index (χ0n) is 11.4. The number of hydrogen-bond acceptors (Lipinski definition) is 2. The van der Waals surface area contributed by atoms with Gasteiger partial charge in [-0.3, -0.25) is 4.57 Å². The van der Waals surface area contributed by atoms with Crippen LogP contribution in [0.1, 0.15) is 5.56 Å². The van der Waals surface area contributed by atoms with Gasteiger partial charge < -0.3 is 0 Å². The largest absolute Gasteiger partial charge is 0.300 e. The van der Waals surface area contributed by atoms with Crippen molar-refractivity contribution >= 4 is 22.2 Å². The number of fused-ring (bicyclic) bond motifs is 2. The van der Waals surface area contributed by atoms with Crippen molar-refractivity contribution in [2.45, 2.75) is 6.92 Å². The van der Waals surface area contributed by atoms with Gasteiger partial charge in [-0.05, 0) is 48.9 Å². The summed E-state index contributed by atoms with van der Waals surface area (Å²) in [6.45, 7) is 2.01. The van der Waals surface area contributed by atoms with Gasteiger partial charge >= 0.3 is 0 Å². The molecule has 0 aliphatic heterocycles. The van der Waals surface area contributed by atoms with Crippen molar-refractivity contribution < 1.29 is 4.39 Å². The fraction of sp³-hybridized carbons (Fsp3) is 0.0588. The normalized spacial score (nSPS) is 11.3. The molecular weight excluding hydrogens is 265 g/mol. The summed E-state index contributed by atoms with van der Waals surface area (Å²) in [5.41, 5.74) is 5.32. The number of aromatic nitrogens is 3. The highest BCUT2D eigenvalue weighted by Crippen LogP contribution is 2.24. The Morgan fingerprint density at radius 3 is 2.29 bits per heavy atom. The third kappa shape index (κ3) is 1.88. The molecule has 0 N–H and O–H groups in total. The number of aryl methyl sites for hydroxylation is 1. The molecule has 0 atom stereocenters. The summed E-state index contributed by atoms with van der Waals surface area (Å²) in [6, 6.07) is 14.2. The second-order valence-corrected chi connectivity index (χ2v) is 5.04. The van der Waals surface area contributed by atoms with Gasteiger partial charge in [0.25, 0.3) is 0 Å². The molecule has 0 aliphatic rings. The van der Waals surface area contributed by atoms with Crippen LogP contribution in [0.4, 0.5) is 4.39 Å². The van der Waals surface area contributed by atoms with E-state index in [0.29, 0.717) is 0 Å². The van der Waals surface area contributed by atoms with Crippen LogP contribution in [-0.4, -0.2) is 14.5 Å². The Hall–Kier alpha value is -2.75. The van der Waals surface area contributed by atoms with Gasteiger partial charge in [0.1, 0.15) is 11.3 Å². The second-order valence-electron chi connectivity index (χ2n) is 5.04. The number of nitrogens with zero attached hydrogens (tertiary/aromatic N) is 3. The second kappa shape index (κ2) is 4.38. The summed E-state index contributed by atoms with van der Waals surface area (Å²) in [5.74, 6) is -0.247. The van der Waals surface area contributed by atoms with E-state index in [2.05, 4.69) is 4.98 Å². The van der Waals surface area contributed by atoms with Gasteiger partial charge in [-0.15, -0.1) is 0 Å². The van der Waals surface area contributed by atoms with Gasteiger partial charge in [-0.25, -0.2) is 14.4 Å². The summed E-state index contributed by atoms with van der Waals surface area (Å²) in [4.78, 5) is 9.39. The highest BCUT2D eigenvalue weighted by molar-refractivity contribution is 5.87. The first-order chi connectivity index (χ1) is 10.2. The average molecular weight is 277 g/mol. The number of halogens is 1. The summed E-state index contributed by atoms with van der Waals surface area (Å²) in [7, 11) is 0. The van der Waals surface area contributed by atoms with E-state index in [1.165, 1.54) is 12.1 Å². The van der Waals surface area contributed by atoms with Crippen LogP contribution in [-0.2, 0) is 0 Å². The Morgan fingerprint density at radius 1 is 0.905 bits per heavy atom. The van der Waals surface area contributed by atoms with E-state index < -0.39 is 0 Å². The molecule has 102 valence electrons. The first-order valence-electron chi connectivity index (χ1n) is 6.73. The van der Waals surface area contributed by atoms with Crippen molar-refractivity contribution in [3.63, 3.8) is 0 Å². The summed E-state index contributed by atoms with van der Waals surface area (Å²) >= 11 is 0. The highest BCUT2D eigenvalue weighted by atomic mass is 19.1. The molecule has 0 amide bonds. The van der Waals surface area contributed by atoms with Crippen LogP contribution in [0.15, 0.2) is 54.7 Å². The lowest BCUT2D eigenvalue weighted by molar-refractivity contribution is 0.627. The Morgan fingerprint density at radius 2 is 1.57 bits per heavy atom. The van der Waals surface area contributed by atoms with Crippen LogP contribution < -0.4 is 0 Å². The molecule has 0 radical (unpaired) electrons. The molecule has 4 heteroatoms. The van der Waals surface area contributed by atoms with Gasteiger partial charge in [0, 0.05) is 11.9 Å². The minimum absolute atomic E-state index is 0.247. The fourth-order valence-corrected chi connectivity index (χ4v) is 2.54. The predicted octanol–water partition coefficient (Wildman–Crippen LogP) is 4.02. The van der Waals surface area contributed by atoms with Crippen LogP contribution in [0.3, 0.4) is 0 Å². The number of para-hydroxylation sites is 2. The molecule has 0 unspecified atom stereocenters. The van der Waals surface area contributed by atoms with E-state index in [1.54, 1.807) is 12.1 Å². The van der Waals surface area contributed by atoms with Gasteiger partial charge in [0.15, 0.2) is 5.65 Å². The van der Waals surface area contributed by atoms with Crippen LogP contribution in [0.25, 0.3) is 27.9 Å². The molecule has 4 aromatic rings.